The Kier molecular flexibility index (Phi) is 3.68. The standard InChI is InChI=1S/C22H26N2/c1-2-8-18-14-23(13-17(18)7-1)21-11-5-6-12-22(21)24-15-19-9-3-4-10-20(19)16-24/h1-4,7-10,21-22H,5-6,11-16H2/t21-,22-/m1/s1. The van der Waals surface area contributed by atoms with Crippen LogP contribution in [0, 0.1) is 0 Å². The van der Waals surface area contributed by atoms with E-state index in [0.717, 1.165) is 38.3 Å². The molecule has 2 nitrogen and oxygen atoms in total. The van der Waals surface area contributed by atoms with Crippen LogP contribution in [-0.4, -0.2) is 21.9 Å². The van der Waals surface area contributed by atoms with Gasteiger partial charge in [-0.1, -0.05) is 61.4 Å². The molecule has 3 aliphatic rings. The van der Waals surface area contributed by atoms with Gasteiger partial charge in [-0.25, -0.2) is 0 Å². The van der Waals surface area contributed by atoms with Crippen LogP contribution in [0.2, 0.25) is 0 Å². The molecule has 2 atom stereocenters. The molecule has 124 valence electrons. The van der Waals surface area contributed by atoms with Gasteiger partial charge in [0.2, 0.25) is 0 Å². The number of benzene rings is 2. The Morgan fingerprint density at radius 2 is 0.875 bits per heavy atom. The molecule has 1 fully saturated rings. The van der Waals surface area contributed by atoms with Crippen molar-refractivity contribution < 1.29 is 0 Å². The summed E-state index contributed by atoms with van der Waals surface area (Å²) in [6, 6.07) is 19.5. The van der Waals surface area contributed by atoms with Crippen LogP contribution in [0.5, 0.6) is 0 Å². The fourth-order valence-electron chi connectivity index (χ4n) is 5.13. The molecular weight excluding hydrogens is 292 g/mol. The predicted octanol–water partition coefficient (Wildman–Crippen LogP) is 4.33. The first kappa shape index (κ1) is 14.7. The van der Waals surface area contributed by atoms with E-state index in [1.165, 1.54) is 25.7 Å². The molecule has 0 saturated heterocycles. The molecule has 5 rings (SSSR count). The molecule has 0 N–H and O–H groups in total. The SMILES string of the molecule is c1ccc2c(c1)CN([C@@H]1CCCC[C@H]1N1Cc3ccccc3C1)C2. The molecular formula is C22H26N2. The molecule has 0 aromatic heterocycles. The van der Waals surface area contributed by atoms with Crippen molar-refractivity contribution >= 4 is 0 Å². The zero-order chi connectivity index (χ0) is 15.9. The minimum atomic E-state index is 0.723. The first-order valence-corrected chi connectivity index (χ1v) is 9.50. The Morgan fingerprint density at radius 3 is 1.21 bits per heavy atom. The van der Waals surface area contributed by atoms with Gasteiger partial charge in [-0.15, -0.1) is 0 Å². The van der Waals surface area contributed by atoms with Crippen molar-refractivity contribution in [3.8, 4) is 0 Å². The van der Waals surface area contributed by atoms with E-state index in [1.54, 1.807) is 22.3 Å². The van der Waals surface area contributed by atoms with Gasteiger partial charge in [0.1, 0.15) is 0 Å². The second-order valence-electron chi connectivity index (χ2n) is 7.77. The molecule has 2 aromatic rings. The first-order valence-electron chi connectivity index (χ1n) is 9.50. The Labute approximate surface area is 145 Å². The Morgan fingerprint density at radius 1 is 0.542 bits per heavy atom. The second-order valence-corrected chi connectivity index (χ2v) is 7.77. The highest BCUT2D eigenvalue weighted by molar-refractivity contribution is 5.32. The fraction of sp³-hybridized carbons (Fsp3) is 0.455. The highest BCUT2D eigenvalue weighted by atomic mass is 15.3. The summed E-state index contributed by atoms with van der Waals surface area (Å²) in [5.41, 5.74) is 6.19. The van der Waals surface area contributed by atoms with Crippen LogP contribution in [0.4, 0.5) is 0 Å². The molecule has 2 aliphatic heterocycles. The molecule has 0 amide bonds. The molecule has 2 heteroatoms. The predicted molar refractivity (Wildman–Crippen MR) is 97.4 cm³/mol. The zero-order valence-corrected chi connectivity index (χ0v) is 14.3. The Bertz CT molecular complexity index is 625. The molecule has 2 heterocycles. The summed E-state index contributed by atoms with van der Waals surface area (Å²) in [6.07, 6.45) is 5.53. The average molecular weight is 318 g/mol. The third-order valence-corrected chi connectivity index (χ3v) is 6.36. The van der Waals surface area contributed by atoms with Gasteiger partial charge in [-0.2, -0.15) is 0 Å². The highest BCUT2D eigenvalue weighted by Crippen LogP contribution is 2.36. The molecule has 0 radical (unpaired) electrons. The van der Waals surface area contributed by atoms with Gasteiger partial charge in [0.25, 0.3) is 0 Å². The lowest BCUT2D eigenvalue weighted by Crippen LogP contribution is -2.50. The molecule has 0 spiro atoms. The van der Waals surface area contributed by atoms with Crippen LogP contribution < -0.4 is 0 Å². The second kappa shape index (κ2) is 6.02. The monoisotopic (exact) mass is 318 g/mol. The summed E-state index contributed by atoms with van der Waals surface area (Å²) in [5.74, 6) is 0. The van der Waals surface area contributed by atoms with Crippen LogP contribution in [-0.2, 0) is 26.2 Å². The van der Waals surface area contributed by atoms with Crippen molar-refractivity contribution in [1.29, 1.82) is 0 Å². The Balaban J connectivity index is 1.36. The normalized spacial score (nSPS) is 27.2. The topological polar surface area (TPSA) is 6.48 Å². The van der Waals surface area contributed by atoms with Gasteiger partial charge in [0.15, 0.2) is 0 Å². The van der Waals surface area contributed by atoms with Gasteiger partial charge in [0.05, 0.1) is 0 Å². The largest absolute Gasteiger partial charge is 0.290 e. The molecule has 1 saturated carbocycles. The van der Waals surface area contributed by atoms with Crippen molar-refractivity contribution in [3.05, 3.63) is 70.8 Å². The number of fused-ring (bicyclic) bond motifs is 2. The molecule has 2 aromatic carbocycles. The van der Waals surface area contributed by atoms with Crippen LogP contribution in [0.1, 0.15) is 47.9 Å². The first-order chi connectivity index (χ1) is 11.9. The highest BCUT2D eigenvalue weighted by Gasteiger charge is 2.37. The van der Waals surface area contributed by atoms with E-state index in [9.17, 15) is 0 Å². The van der Waals surface area contributed by atoms with Gasteiger partial charge < -0.3 is 0 Å². The quantitative estimate of drug-likeness (QED) is 0.813. The zero-order valence-electron chi connectivity index (χ0n) is 14.3. The third-order valence-electron chi connectivity index (χ3n) is 6.36. The van der Waals surface area contributed by atoms with E-state index >= 15 is 0 Å². The summed E-state index contributed by atoms with van der Waals surface area (Å²) >= 11 is 0. The van der Waals surface area contributed by atoms with Crippen molar-refractivity contribution in [3.63, 3.8) is 0 Å². The van der Waals surface area contributed by atoms with Gasteiger partial charge in [-0.05, 0) is 35.1 Å². The Hall–Kier alpha value is -1.64. The number of nitrogens with zero attached hydrogens (tertiary/aromatic N) is 2. The van der Waals surface area contributed by atoms with Crippen molar-refractivity contribution in [1.82, 2.24) is 9.80 Å². The summed E-state index contributed by atoms with van der Waals surface area (Å²) in [6.45, 7) is 4.60. The van der Waals surface area contributed by atoms with E-state index in [0.29, 0.717) is 0 Å². The average Bonchev–Trinajstić information content (AvgIpc) is 3.25. The van der Waals surface area contributed by atoms with Gasteiger partial charge in [0, 0.05) is 38.3 Å². The third kappa shape index (κ3) is 2.49. The van der Waals surface area contributed by atoms with Gasteiger partial charge >= 0.3 is 0 Å². The van der Waals surface area contributed by atoms with Crippen LogP contribution in [0.25, 0.3) is 0 Å². The minimum Gasteiger partial charge on any atom is -0.290 e. The summed E-state index contributed by atoms with van der Waals surface area (Å²) < 4.78 is 0. The summed E-state index contributed by atoms with van der Waals surface area (Å²) in [5, 5.41) is 0. The van der Waals surface area contributed by atoms with Gasteiger partial charge in [-0.3, -0.25) is 9.80 Å². The van der Waals surface area contributed by atoms with E-state index in [2.05, 4.69) is 58.3 Å². The maximum Gasteiger partial charge on any atom is 0.0258 e. The van der Waals surface area contributed by atoms with E-state index in [-0.39, 0.29) is 0 Å². The fourth-order valence-corrected chi connectivity index (χ4v) is 5.13. The summed E-state index contributed by atoms with van der Waals surface area (Å²) in [4.78, 5) is 5.52. The molecule has 24 heavy (non-hydrogen) atoms. The lowest BCUT2D eigenvalue weighted by atomic mass is 9.88. The summed E-state index contributed by atoms with van der Waals surface area (Å²) in [7, 11) is 0. The van der Waals surface area contributed by atoms with Crippen LogP contribution in [0.15, 0.2) is 48.5 Å². The maximum absolute atomic E-state index is 2.76. The lowest BCUT2D eigenvalue weighted by molar-refractivity contribution is 0.0433. The van der Waals surface area contributed by atoms with Crippen LogP contribution in [0.3, 0.4) is 0 Å². The van der Waals surface area contributed by atoms with E-state index < -0.39 is 0 Å². The van der Waals surface area contributed by atoms with Crippen molar-refractivity contribution in [2.75, 3.05) is 0 Å². The maximum atomic E-state index is 2.76. The number of hydrogen-bond acceptors (Lipinski definition) is 2. The molecule has 0 unspecified atom stereocenters. The lowest BCUT2D eigenvalue weighted by Gasteiger charge is -2.42. The van der Waals surface area contributed by atoms with Crippen LogP contribution >= 0.6 is 0 Å². The smallest absolute Gasteiger partial charge is 0.0258 e. The molecule has 1 aliphatic carbocycles. The minimum absolute atomic E-state index is 0.723. The molecule has 0 bridgehead atoms. The van der Waals surface area contributed by atoms with E-state index in [4.69, 9.17) is 0 Å². The number of rotatable bonds is 2. The van der Waals surface area contributed by atoms with E-state index in [1.807, 2.05) is 0 Å². The van der Waals surface area contributed by atoms with Crippen molar-refractivity contribution in [2.45, 2.75) is 63.9 Å². The number of hydrogen-bond donors (Lipinski definition) is 0. The van der Waals surface area contributed by atoms with Crippen molar-refractivity contribution in [2.24, 2.45) is 0 Å².